The molecule has 1 fully saturated rings. The number of amides is 2. The van der Waals surface area contributed by atoms with Gasteiger partial charge in [-0.15, -0.1) is 0 Å². The van der Waals surface area contributed by atoms with Crippen LogP contribution in [0.5, 0.6) is 0 Å². The van der Waals surface area contributed by atoms with Crippen LogP contribution in [0.1, 0.15) is 41.9 Å². The highest BCUT2D eigenvalue weighted by atomic mass is 16.2. The lowest BCUT2D eigenvalue weighted by atomic mass is 10.0. The summed E-state index contributed by atoms with van der Waals surface area (Å²) in [5, 5.41) is 1.08. The monoisotopic (exact) mass is 368 g/mol. The van der Waals surface area contributed by atoms with Gasteiger partial charge in [-0.05, 0) is 31.2 Å². The Labute approximate surface area is 160 Å². The summed E-state index contributed by atoms with van der Waals surface area (Å²) < 4.78 is 0. The number of fused-ring (bicyclic) bond motifs is 3. The Kier molecular flexibility index (Phi) is 4.91. The predicted molar refractivity (Wildman–Crippen MR) is 106 cm³/mol. The second kappa shape index (κ2) is 7.35. The third kappa shape index (κ3) is 3.46. The van der Waals surface area contributed by atoms with E-state index in [1.807, 2.05) is 28.0 Å². The van der Waals surface area contributed by atoms with E-state index in [2.05, 4.69) is 16.8 Å². The molecule has 1 aromatic carbocycles. The molecule has 27 heavy (non-hydrogen) atoms. The molecule has 6 nitrogen and oxygen atoms in total. The Balaban J connectivity index is 1.56. The summed E-state index contributed by atoms with van der Waals surface area (Å²) in [5.74, 6) is 0.217. The highest BCUT2D eigenvalue weighted by Gasteiger charge is 2.25. The molecule has 1 saturated heterocycles. The summed E-state index contributed by atoms with van der Waals surface area (Å²) in [6.07, 6.45) is 1.99. The van der Waals surface area contributed by atoms with Crippen LogP contribution in [0.15, 0.2) is 18.2 Å². The number of rotatable bonds is 3. The number of H-pyrrole nitrogens is 1. The molecule has 0 radical (unpaired) electrons. The number of hydrogen-bond donors (Lipinski definition) is 1. The van der Waals surface area contributed by atoms with Crippen LogP contribution in [-0.2, 0) is 17.8 Å². The topological polar surface area (TPSA) is 59.7 Å². The van der Waals surface area contributed by atoms with Crippen molar-refractivity contribution in [2.45, 2.75) is 33.2 Å². The quantitative estimate of drug-likeness (QED) is 0.904. The Bertz CT molecular complexity index is 864. The molecule has 1 N–H and O–H groups in total. The van der Waals surface area contributed by atoms with Gasteiger partial charge in [0.25, 0.3) is 5.91 Å². The number of benzene rings is 1. The highest BCUT2D eigenvalue weighted by Crippen LogP contribution is 2.29. The smallest absolute Gasteiger partial charge is 0.253 e. The molecule has 0 unspecified atom stereocenters. The van der Waals surface area contributed by atoms with E-state index in [4.69, 9.17) is 0 Å². The first kappa shape index (κ1) is 18.0. The number of carbonyl (C=O) groups is 2. The van der Waals surface area contributed by atoms with Gasteiger partial charge in [-0.3, -0.25) is 14.5 Å². The Hall–Kier alpha value is -2.34. The highest BCUT2D eigenvalue weighted by molar-refractivity contribution is 5.99. The molecule has 2 amide bonds. The summed E-state index contributed by atoms with van der Waals surface area (Å²) >= 11 is 0. The van der Waals surface area contributed by atoms with E-state index in [-0.39, 0.29) is 11.8 Å². The lowest BCUT2D eigenvalue weighted by molar-refractivity contribution is -0.129. The van der Waals surface area contributed by atoms with Gasteiger partial charge in [-0.2, -0.15) is 0 Å². The van der Waals surface area contributed by atoms with Gasteiger partial charge in [-0.1, -0.05) is 6.92 Å². The largest absolute Gasteiger partial charge is 0.358 e. The first-order valence-electron chi connectivity index (χ1n) is 9.97. The molecule has 0 bridgehead atoms. The SMILES string of the molecule is CCCN1CCN(C(=O)c2ccc3[nH]c4c(c3c2)CN(C(C)=O)CC4)CC1. The fourth-order valence-electron chi connectivity index (χ4n) is 4.29. The van der Waals surface area contributed by atoms with Gasteiger partial charge >= 0.3 is 0 Å². The molecular formula is C21H28N4O2. The van der Waals surface area contributed by atoms with Gasteiger partial charge in [0.1, 0.15) is 0 Å². The van der Waals surface area contributed by atoms with Crippen molar-refractivity contribution in [3.63, 3.8) is 0 Å². The number of carbonyl (C=O) groups excluding carboxylic acids is 2. The van der Waals surface area contributed by atoms with Crippen LogP contribution in [0.3, 0.4) is 0 Å². The van der Waals surface area contributed by atoms with E-state index in [1.165, 1.54) is 5.69 Å². The van der Waals surface area contributed by atoms with Gasteiger partial charge < -0.3 is 14.8 Å². The molecule has 0 atom stereocenters. The van der Waals surface area contributed by atoms with Crippen LogP contribution < -0.4 is 0 Å². The Morgan fingerprint density at radius 2 is 1.85 bits per heavy atom. The molecule has 0 spiro atoms. The van der Waals surface area contributed by atoms with E-state index >= 15 is 0 Å². The Morgan fingerprint density at radius 1 is 1.07 bits per heavy atom. The summed E-state index contributed by atoms with van der Waals surface area (Å²) in [6, 6.07) is 5.94. The van der Waals surface area contributed by atoms with E-state index < -0.39 is 0 Å². The number of aromatic nitrogens is 1. The van der Waals surface area contributed by atoms with Crippen molar-refractivity contribution in [2.24, 2.45) is 0 Å². The van der Waals surface area contributed by atoms with Crippen LogP contribution in [0.25, 0.3) is 10.9 Å². The molecular weight excluding hydrogens is 340 g/mol. The average Bonchev–Trinajstić information content (AvgIpc) is 3.05. The minimum absolute atomic E-state index is 0.104. The van der Waals surface area contributed by atoms with E-state index in [0.717, 1.165) is 74.1 Å². The molecule has 0 aliphatic carbocycles. The van der Waals surface area contributed by atoms with Gasteiger partial charge in [0.05, 0.1) is 0 Å². The Morgan fingerprint density at radius 3 is 2.56 bits per heavy atom. The molecule has 3 heterocycles. The second-order valence-electron chi connectivity index (χ2n) is 7.67. The van der Waals surface area contributed by atoms with E-state index in [9.17, 15) is 9.59 Å². The standard InChI is InChI=1S/C21H28N4O2/c1-3-7-23-9-11-24(12-10-23)21(27)16-4-5-19-17(13-16)18-14-25(15(2)26)8-6-20(18)22-19/h4-5,13,22H,3,6-12,14H2,1-2H3. The number of hydrogen-bond acceptors (Lipinski definition) is 3. The zero-order chi connectivity index (χ0) is 19.0. The molecule has 6 heteroatoms. The second-order valence-corrected chi connectivity index (χ2v) is 7.67. The van der Waals surface area contributed by atoms with Gasteiger partial charge in [0, 0.05) is 80.3 Å². The maximum atomic E-state index is 13.0. The zero-order valence-electron chi connectivity index (χ0n) is 16.3. The van der Waals surface area contributed by atoms with Crippen molar-refractivity contribution >= 4 is 22.7 Å². The fourth-order valence-corrected chi connectivity index (χ4v) is 4.29. The molecule has 4 rings (SSSR count). The number of aromatic amines is 1. The lowest BCUT2D eigenvalue weighted by Gasteiger charge is -2.34. The van der Waals surface area contributed by atoms with Crippen LogP contribution in [0, 0.1) is 0 Å². The van der Waals surface area contributed by atoms with E-state index in [0.29, 0.717) is 6.54 Å². The molecule has 2 aromatic rings. The fraction of sp³-hybridized carbons (Fsp3) is 0.524. The van der Waals surface area contributed by atoms with Crippen molar-refractivity contribution < 1.29 is 9.59 Å². The maximum Gasteiger partial charge on any atom is 0.253 e. The van der Waals surface area contributed by atoms with Crippen molar-refractivity contribution in [3.8, 4) is 0 Å². The third-order valence-corrected chi connectivity index (χ3v) is 5.87. The molecule has 0 saturated carbocycles. The molecule has 2 aliphatic rings. The third-order valence-electron chi connectivity index (χ3n) is 5.87. The van der Waals surface area contributed by atoms with Crippen molar-refractivity contribution in [3.05, 3.63) is 35.0 Å². The van der Waals surface area contributed by atoms with E-state index in [1.54, 1.807) is 6.92 Å². The summed E-state index contributed by atoms with van der Waals surface area (Å²) in [7, 11) is 0. The number of piperazine rings is 1. The molecule has 2 aliphatic heterocycles. The van der Waals surface area contributed by atoms with Crippen molar-refractivity contribution in [1.29, 1.82) is 0 Å². The first-order chi connectivity index (χ1) is 13.1. The van der Waals surface area contributed by atoms with Gasteiger partial charge in [-0.25, -0.2) is 0 Å². The van der Waals surface area contributed by atoms with Gasteiger partial charge in [0.2, 0.25) is 5.91 Å². The zero-order valence-corrected chi connectivity index (χ0v) is 16.3. The minimum atomic E-state index is 0.104. The maximum absolute atomic E-state index is 13.0. The first-order valence-corrected chi connectivity index (χ1v) is 9.97. The lowest BCUT2D eigenvalue weighted by Crippen LogP contribution is -2.48. The van der Waals surface area contributed by atoms with Crippen LogP contribution in [0.2, 0.25) is 0 Å². The predicted octanol–water partition coefficient (Wildman–Crippen LogP) is 2.24. The normalized spacial score (nSPS) is 18.0. The van der Waals surface area contributed by atoms with Crippen LogP contribution in [-0.4, -0.2) is 70.8 Å². The summed E-state index contributed by atoms with van der Waals surface area (Å²) in [5.41, 5.74) is 4.15. The summed E-state index contributed by atoms with van der Waals surface area (Å²) in [6.45, 7) is 9.78. The minimum Gasteiger partial charge on any atom is -0.358 e. The number of nitrogens with zero attached hydrogens (tertiary/aromatic N) is 3. The van der Waals surface area contributed by atoms with Crippen molar-refractivity contribution in [1.82, 2.24) is 19.7 Å². The number of nitrogens with one attached hydrogen (secondary N) is 1. The van der Waals surface area contributed by atoms with Crippen LogP contribution >= 0.6 is 0 Å². The molecule has 1 aromatic heterocycles. The molecule has 144 valence electrons. The van der Waals surface area contributed by atoms with Crippen LogP contribution in [0.4, 0.5) is 0 Å². The summed E-state index contributed by atoms with van der Waals surface area (Å²) in [4.78, 5) is 34.5. The van der Waals surface area contributed by atoms with Crippen molar-refractivity contribution in [2.75, 3.05) is 39.3 Å². The average molecular weight is 368 g/mol. The van der Waals surface area contributed by atoms with Gasteiger partial charge in [0.15, 0.2) is 0 Å².